The Hall–Kier alpha value is -7.94. The Kier molecular flexibility index (Phi) is 7.05. The van der Waals surface area contributed by atoms with Gasteiger partial charge in [-0.15, -0.1) is 0 Å². The molecule has 0 aliphatic rings. The molecule has 2 heteroatoms. The lowest BCUT2D eigenvalue weighted by Crippen LogP contribution is -1.92. The number of hydrogen-bond donors (Lipinski definition) is 0. The number of para-hydroxylation sites is 2. The molecule has 0 aliphatic heterocycles. The van der Waals surface area contributed by atoms with Gasteiger partial charge in [-0.1, -0.05) is 170 Å². The van der Waals surface area contributed by atoms with Gasteiger partial charge in [-0.2, -0.15) is 0 Å². The van der Waals surface area contributed by atoms with Gasteiger partial charge in [0.1, 0.15) is 22.3 Å². The Balaban J connectivity index is 1.02. The van der Waals surface area contributed by atoms with Crippen LogP contribution < -0.4 is 0 Å². The Labute approximate surface area is 345 Å². The number of fused-ring (bicyclic) bond motifs is 12. The second kappa shape index (κ2) is 12.8. The third-order valence-electron chi connectivity index (χ3n) is 12.6. The minimum atomic E-state index is 0.910. The molecule has 11 aromatic carbocycles. The standard InChI is InChI=1S/C58H34O2/c1-7-27-47-39(19-1)49(33-51-41-21-9-11-29-53(41)59-57(47)51)35-15-13-17-37(31-35)55-43-23-3-5-25-45(43)56(46-26-6-4-24-44(46)55)38-18-14-16-36(32-38)50-34-52-42-22-10-12-30-54(42)60-58(52)48-28-8-2-20-40(48)50/h1-34H. The summed E-state index contributed by atoms with van der Waals surface area (Å²) in [6.45, 7) is 0. The molecule has 0 aliphatic carbocycles. The van der Waals surface area contributed by atoms with Crippen molar-refractivity contribution in [2.45, 2.75) is 0 Å². The van der Waals surface area contributed by atoms with Crippen LogP contribution in [0.25, 0.3) is 131 Å². The maximum atomic E-state index is 6.47. The highest BCUT2D eigenvalue weighted by molar-refractivity contribution is 6.23. The summed E-state index contributed by atoms with van der Waals surface area (Å²) in [5, 5.41) is 14.1. The van der Waals surface area contributed by atoms with Gasteiger partial charge in [-0.3, -0.25) is 0 Å². The summed E-state index contributed by atoms with van der Waals surface area (Å²) in [6, 6.07) is 74.7. The van der Waals surface area contributed by atoms with E-state index in [1.165, 1.54) is 76.8 Å². The van der Waals surface area contributed by atoms with Crippen molar-refractivity contribution in [2.24, 2.45) is 0 Å². The average Bonchev–Trinajstić information content (AvgIpc) is 3.89. The molecule has 0 unspecified atom stereocenters. The van der Waals surface area contributed by atoms with Crippen LogP contribution >= 0.6 is 0 Å². The molecule has 278 valence electrons. The molecule has 0 saturated carbocycles. The van der Waals surface area contributed by atoms with Crippen LogP contribution in [0.4, 0.5) is 0 Å². The predicted molar refractivity (Wildman–Crippen MR) is 253 cm³/mol. The summed E-state index contributed by atoms with van der Waals surface area (Å²) in [7, 11) is 0. The second-order valence-electron chi connectivity index (χ2n) is 15.9. The quantitative estimate of drug-likeness (QED) is 0.167. The van der Waals surface area contributed by atoms with E-state index >= 15 is 0 Å². The van der Waals surface area contributed by atoms with Gasteiger partial charge in [-0.25, -0.2) is 0 Å². The van der Waals surface area contributed by atoms with Gasteiger partial charge < -0.3 is 8.83 Å². The van der Waals surface area contributed by atoms with E-state index in [9.17, 15) is 0 Å². The number of rotatable bonds is 4. The van der Waals surface area contributed by atoms with E-state index in [0.29, 0.717) is 0 Å². The van der Waals surface area contributed by atoms with Crippen LogP contribution in [0, 0.1) is 0 Å². The van der Waals surface area contributed by atoms with E-state index in [4.69, 9.17) is 8.83 Å². The Morgan fingerprint density at radius 2 is 0.533 bits per heavy atom. The molecular formula is C58H34O2. The Morgan fingerprint density at radius 3 is 0.933 bits per heavy atom. The molecule has 0 saturated heterocycles. The van der Waals surface area contributed by atoms with Crippen molar-refractivity contribution in [3.63, 3.8) is 0 Å². The van der Waals surface area contributed by atoms with Crippen LogP contribution in [0.1, 0.15) is 0 Å². The first-order valence-electron chi connectivity index (χ1n) is 20.6. The number of benzene rings is 11. The smallest absolute Gasteiger partial charge is 0.143 e. The summed E-state index contributed by atoms with van der Waals surface area (Å²) in [6.07, 6.45) is 0. The molecule has 0 bridgehead atoms. The molecule has 0 fully saturated rings. The monoisotopic (exact) mass is 762 g/mol. The summed E-state index contributed by atoms with van der Waals surface area (Å²) in [4.78, 5) is 0. The molecule has 2 heterocycles. The third-order valence-corrected chi connectivity index (χ3v) is 12.6. The Bertz CT molecular complexity index is 3590. The average molecular weight is 763 g/mol. The van der Waals surface area contributed by atoms with Gasteiger partial charge >= 0.3 is 0 Å². The van der Waals surface area contributed by atoms with Crippen molar-refractivity contribution < 1.29 is 8.83 Å². The molecule has 0 atom stereocenters. The van der Waals surface area contributed by atoms with Crippen LogP contribution in [-0.2, 0) is 0 Å². The summed E-state index contributed by atoms with van der Waals surface area (Å²) in [5.41, 5.74) is 13.3. The van der Waals surface area contributed by atoms with E-state index in [-0.39, 0.29) is 0 Å². The van der Waals surface area contributed by atoms with E-state index in [1.807, 2.05) is 12.1 Å². The molecule has 0 radical (unpaired) electrons. The molecule has 2 aromatic heterocycles. The van der Waals surface area contributed by atoms with Gasteiger partial charge in [0, 0.05) is 32.3 Å². The zero-order chi connectivity index (χ0) is 39.3. The van der Waals surface area contributed by atoms with Crippen LogP contribution in [0.2, 0.25) is 0 Å². The van der Waals surface area contributed by atoms with Crippen molar-refractivity contribution >= 4 is 87.0 Å². The first-order valence-corrected chi connectivity index (χ1v) is 20.6. The van der Waals surface area contributed by atoms with E-state index < -0.39 is 0 Å². The zero-order valence-electron chi connectivity index (χ0n) is 32.4. The lowest BCUT2D eigenvalue weighted by Gasteiger charge is -2.19. The Morgan fingerprint density at radius 1 is 0.217 bits per heavy atom. The normalized spacial score (nSPS) is 12.0. The molecule has 0 spiro atoms. The van der Waals surface area contributed by atoms with Crippen LogP contribution in [0.5, 0.6) is 0 Å². The van der Waals surface area contributed by atoms with Gasteiger partial charge in [0.2, 0.25) is 0 Å². The molecule has 60 heavy (non-hydrogen) atoms. The first kappa shape index (κ1) is 33.1. The number of hydrogen-bond acceptors (Lipinski definition) is 2. The molecule has 2 nitrogen and oxygen atoms in total. The van der Waals surface area contributed by atoms with E-state index in [2.05, 4.69) is 194 Å². The highest BCUT2D eigenvalue weighted by atomic mass is 16.3. The summed E-state index contributed by atoms with van der Waals surface area (Å²) >= 11 is 0. The van der Waals surface area contributed by atoms with E-state index in [0.717, 1.165) is 54.6 Å². The molecule has 13 rings (SSSR count). The van der Waals surface area contributed by atoms with Crippen molar-refractivity contribution in [1.29, 1.82) is 0 Å². The molecule has 0 amide bonds. The summed E-state index contributed by atoms with van der Waals surface area (Å²) in [5.74, 6) is 0. The SMILES string of the molecule is c1cc(-c2c3ccccc3c(-c3cccc(-c4cc5c6ccccc6oc5c5ccccc45)c3)c3ccccc23)cc(-c2cc3c4ccccc4oc3c3ccccc23)c1. The third kappa shape index (κ3) is 4.82. The van der Waals surface area contributed by atoms with E-state index in [1.54, 1.807) is 0 Å². The van der Waals surface area contributed by atoms with Crippen LogP contribution in [-0.4, -0.2) is 0 Å². The van der Waals surface area contributed by atoms with Crippen molar-refractivity contribution in [3.05, 3.63) is 206 Å². The highest BCUT2D eigenvalue weighted by Crippen LogP contribution is 2.47. The van der Waals surface area contributed by atoms with Crippen molar-refractivity contribution in [2.75, 3.05) is 0 Å². The van der Waals surface area contributed by atoms with Gasteiger partial charge in [0.25, 0.3) is 0 Å². The minimum absolute atomic E-state index is 0.910. The first-order chi connectivity index (χ1) is 29.8. The minimum Gasteiger partial charge on any atom is -0.455 e. The molecule has 0 N–H and O–H groups in total. The maximum Gasteiger partial charge on any atom is 0.143 e. The predicted octanol–water partition coefficient (Wildman–Crippen LogP) is 16.8. The maximum absolute atomic E-state index is 6.47. The highest BCUT2D eigenvalue weighted by Gasteiger charge is 2.20. The second-order valence-corrected chi connectivity index (χ2v) is 15.9. The fourth-order valence-corrected chi connectivity index (χ4v) is 10.0. The lowest BCUT2D eigenvalue weighted by molar-refractivity contribution is 0.672. The molecule has 13 aromatic rings. The van der Waals surface area contributed by atoms with Gasteiger partial charge in [-0.05, 0) is 113 Å². The fourth-order valence-electron chi connectivity index (χ4n) is 10.0. The van der Waals surface area contributed by atoms with Gasteiger partial charge in [0.15, 0.2) is 0 Å². The summed E-state index contributed by atoms with van der Waals surface area (Å²) < 4.78 is 12.9. The van der Waals surface area contributed by atoms with Gasteiger partial charge in [0.05, 0.1) is 0 Å². The molecular weight excluding hydrogens is 729 g/mol. The fraction of sp³-hybridized carbons (Fsp3) is 0. The van der Waals surface area contributed by atoms with Crippen LogP contribution in [0.3, 0.4) is 0 Å². The van der Waals surface area contributed by atoms with Crippen LogP contribution in [0.15, 0.2) is 215 Å². The largest absolute Gasteiger partial charge is 0.455 e. The number of furan rings is 2. The topological polar surface area (TPSA) is 26.3 Å². The van der Waals surface area contributed by atoms with Crippen molar-refractivity contribution in [3.8, 4) is 44.5 Å². The zero-order valence-corrected chi connectivity index (χ0v) is 32.4. The lowest BCUT2D eigenvalue weighted by atomic mass is 9.84. The van der Waals surface area contributed by atoms with Crippen molar-refractivity contribution in [1.82, 2.24) is 0 Å².